The van der Waals surface area contributed by atoms with Crippen molar-refractivity contribution in [1.29, 1.82) is 5.41 Å². The summed E-state index contributed by atoms with van der Waals surface area (Å²) in [6.07, 6.45) is 1.43. The number of halogens is 3. The lowest BCUT2D eigenvalue weighted by Crippen LogP contribution is -2.30. The fraction of sp³-hybridized carbons (Fsp3) is 0.250. The van der Waals surface area contributed by atoms with Crippen LogP contribution < -0.4 is 11.2 Å². The van der Waals surface area contributed by atoms with E-state index >= 15 is 0 Å². The van der Waals surface area contributed by atoms with E-state index in [0.717, 1.165) is 0 Å². The van der Waals surface area contributed by atoms with Crippen LogP contribution in [0.25, 0.3) is 0 Å². The lowest BCUT2D eigenvalue weighted by molar-refractivity contribution is 0.0997. The van der Waals surface area contributed by atoms with E-state index < -0.39 is 21.0 Å². The number of benzene rings is 1. The summed E-state index contributed by atoms with van der Waals surface area (Å²) in [6, 6.07) is 5.76. The highest BCUT2D eigenvalue weighted by Gasteiger charge is 2.23. The van der Waals surface area contributed by atoms with Gasteiger partial charge >= 0.3 is 0 Å². The molecule has 0 unspecified atom stereocenters. The number of nitrogens with zero attached hydrogens (tertiary/aromatic N) is 1. The van der Waals surface area contributed by atoms with Gasteiger partial charge in [0.1, 0.15) is 5.49 Å². The molecule has 1 heterocycles. The average Bonchev–Trinajstić information content (AvgIpc) is 2.50. The zero-order valence-corrected chi connectivity index (χ0v) is 17.1. The maximum Gasteiger partial charge on any atom is 0.252 e. The minimum Gasteiger partial charge on any atom is -0.365 e. The van der Waals surface area contributed by atoms with Gasteiger partial charge in [0, 0.05) is 11.2 Å². The Bertz CT molecular complexity index is 1000. The van der Waals surface area contributed by atoms with E-state index in [-0.39, 0.29) is 39.9 Å². The Morgan fingerprint density at radius 3 is 2.38 bits per heavy atom. The molecule has 1 aromatic carbocycles. The molecule has 26 heavy (non-hydrogen) atoms. The first kappa shape index (κ1) is 22.5. The van der Waals surface area contributed by atoms with Gasteiger partial charge in [-0.25, -0.2) is 8.42 Å². The molecule has 0 aliphatic rings. The molecule has 142 valence electrons. The molecule has 0 saturated heterocycles. The van der Waals surface area contributed by atoms with Crippen LogP contribution in [0.2, 0.25) is 10.0 Å². The Hall–Kier alpha value is -1.54. The van der Waals surface area contributed by atoms with Crippen LogP contribution >= 0.6 is 35.6 Å². The number of nitrogens with two attached hydrogens (primary N) is 1. The predicted octanol–water partition coefficient (Wildman–Crippen LogP) is 3.03. The summed E-state index contributed by atoms with van der Waals surface area (Å²) in [4.78, 5) is 11.6. The van der Waals surface area contributed by atoms with Crippen molar-refractivity contribution in [2.45, 2.75) is 30.5 Å². The van der Waals surface area contributed by atoms with Crippen molar-refractivity contribution in [3.63, 3.8) is 0 Å². The summed E-state index contributed by atoms with van der Waals surface area (Å²) >= 11 is 12.0. The number of primary amides is 1. The topological polar surface area (TPSA) is 106 Å². The quantitative estimate of drug-likeness (QED) is 0.749. The second-order valence-electron chi connectivity index (χ2n) is 5.76. The lowest BCUT2D eigenvalue weighted by Gasteiger charge is -2.16. The Kier molecular flexibility index (Phi) is 7.30. The minimum absolute atomic E-state index is 0. The van der Waals surface area contributed by atoms with Crippen molar-refractivity contribution < 1.29 is 13.2 Å². The largest absolute Gasteiger partial charge is 0.365 e. The summed E-state index contributed by atoms with van der Waals surface area (Å²) in [6.45, 7) is 3.17. The third-order valence-corrected chi connectivity index (χ3v) is 6.35. The van der Waals surface area contributed by atoms with E-state index in [0.29, 0.717) is 10.6 Å². The Morgan fingerprint density at radius 2 is 1.85 bits per heavy atom. The number of nitrogens with one attached hydrogen (secondary N) is 1. The Morgan fingerprint density at radius 1 is 1.23 bits per heavy atom. The van der Waals surface area contributed by atoms with Crippen molar-refractivity contribution in [2.24, 2.45) is 5.73 Å². The molecule has 10 heteroatoms. The number of hydrogen-bond donors (Lipinski definition) is 2. The molecule has 0 saturated carbocycles. The van der Waals surface area contributed by atoms with Crippen LogP contribution in [0, 0.1) is 5.41 Å². The lowest BCUT2D eigenvalue weighted by atomic mass is 10.2. The average molecular weight is 439 g/mol. The monoisotopic (exact) mass is 437 g/mol. The highest BCUT2D eigenvalue weighted by atomic mass is 35.5. The minimum atomic E-state index is -3.55. The van der Waals surface area contributed by atoms with Crippen molar-refractivity contribution in [1.82, 2.24) is 4.57 Å². The van der Waals surface area contributed by atoms with Gasteiger partial charge in [0.2, 0.25) is 0 Å². The Labute approximate surface area is 167 Å². The van der Waals surface area contributed by atoms with E-state index in [2.05, 4.69) is 0 Å². The summed E-state index contributed by atoms with van der Waals surface area (Å²) in [5.74, 6) is -0.789. The van der Waals surface area contributed by atoms with Gasteiger partial charge in [0.25, 0.3) is 5.91 Å². The second kappa shape index (κ2) is 8.43. The maximum atomic E-state index is 12.6. The molecule has 1 amide bonds. The number of carbonyl (C=O) groups is 1. The van der Waals surface area contributed by atoms with Gasteiger partial charge in [-0.15, -0.1) is 12.4 Å². The molecule has 2 rings (SSSR count). The summed E-state index contributed by atoms with van der Waals surface area (Å²) in [5.41, 5.74) is 5.45. The van der Waals surface area contributed by atoms with Crippen molar-refractivity contribution >= 4 is 51.4 Å². The van der Waals surface area contributed by atoms with Crippen LogP contribution in [-0.2, 0) is 16.4 Å². The summed E-state index contributed by atoms with van der Waals surface area (Å²) in [5, 5.41) is 8.06. The molecule has 0 aliphatic carbocycles. The molecule has 0 aliphatic heterocycles. The molecule has 0 bridgehead atoms. The summed E-state index contributed by atoms with van der Waals surface area (Å²) < 4.78 is 26.5. The van der Waals surface area contributed by atoms with E-state index in [1.165, 1.54) is 35.0 Å². The van der Waals surface area contributed by atoms with Crippen LogP contribution in [0.3, 0.4) is 0 Å². The molecule has 0 fully saturated rings. The third-order valence-electron chi connectivity index (χ3n) is 3.66. The van der Waals surface area contributed by atoms with Crippen LogP contribution in [-0.4, -0.2) is 24.1 Å². The summed E-state index contributed by atoms with van der Waals surface area (Å²) in [7, 11) is -3.55. The van der Waals surface area contributed by atoms with Gasteiger partial charge in [0.05, 0.1) is 27.3 Å². The molecular formula is C16H18Cl3N3O3S. The first-order valence-electron chi connectivity index (χ1n) is 7.30. The standard InChI is InChI=1S/C16H17Cl2N3O3S.ClH/c1-9(2)25(23,24)14-4-3-11(17)5-10(14)7-21-8-12(18)6-13(15(21)19)16(20)22;/h3-6,8-9,19H,7H2,1-2H3,(H2,20,22);1H. The smallest absolute Gasteiger partial charge is 0.252 e. The fourth-order valence-electron chi connectivity index (χ4n) is 2.31. The highest BCUT2D eigenvalue weighted by Crippen LogP contribution is 2.25. The number of aromatic nitrogens is 1. The van der Waals surface area contributed by atoms with E-state index in [9.17, 15) is 13.2 Å². The van der Waals surface area contributed by atoms with E-state index in [4.69, 9.17) is 34.3 Å². The normalized spacial score (nSPS) is 11.3. The molecular weight excluding hydrogens is 421 g/mol. The molecule has 2 aromatic rings. The first-order chi connectivity index (χ1) is 11.5. The zero-order valence-electron chi connectivity index (χ0n) is 14.0. The number of amides is 1. The number of sulfone groups is 1. The highest BCUT2D eigenvalue weighted by molar-refractivity contribution is 7.92. The SMILES string of the molecule is CC(C)S(=O)(=O)c1ccc(Cl)cc1Cn1cc(Cl)cc(C(N)=O)c1=N.Cl. The molecule has 0 spiro atoms. The molecule has 1 aromatic heterocycles. The van der Waals surface area contributed by atoms with E-state index in [1.807, 2.05) is 0 Å². The molecule has 6 nitrogen and oxygen atoms in total. The van der Waals surface area contributed by atoms with Crippen molar-refractivity contribution in [3.05, 3.63) is 57.1 Å². The van der Waals surface area contributed by atoms with Crippen molar-refractivity contribution in [3.8, 4) is 0 Å². The Balaban J connectivity index is 0.00000338. The second-order valence-corrected chi connectivity index (χ2v) is 9.10. The number of carbonyl (C=O) groups excluding carboxylic acids is 1. The third kappa shape index (κ3) is 4.59. The maximum absolute atomic E-state index is 12.6. The molecule has 3 N–H and O–H groups in total. The fourth-order valence-corrected chi connectivity index (χ4v) is 3.99. The van der Waals surface area contributed by atoms with Gasteiger partial charge in [-0.1, -0.05) is 23.2 Å². The van der Waals surface area contributed by atoms with Crippen LogP contribution in [0.4, 0.5) is 0 Å². The van der Waals surface area contributed by atoms with Gasteiger partial charge in [-0.05, 0) is 43.7 Å². The number of pyridine rings is 1. The molecule has 0 radical (unpaired) electrons. The van der Waals surface area contributed by atoms with Crippen LogP contribution in [0.15, 0.2) is 35.4 Å². The van der Waals surface area contributed by atoms with Gasteiger partial charge in [-0.3, -0.25) is 10.2 Å². The van der Waals surface area contributed by atoms with Gasteiger partial charge in [-0.2, -0.15) is 0 Å². The molecule has 0 atom stereocenters. The number of rotatable bonds is 5. The van der Waals surface area contributed by atoms with Crippen LogP contribution in [0.1, 0.15) is 29.8 Å². The van der Waals surface area contributed by atoms with E-state index in [1.54, 1.807) is 13.8 Å². The first-order valence-corrected chi connectivity index (χ1v) is 9.61. The zero-order chi connectivity index (χ0) is 18.9. The van der Waals surface area contributed by atoms with Gasteiger partial charge < -0.3 is 10.3 Å². The van der Waals surface area contributed by atoms with Crippen LogP contribution in [0.5, 0.6) is 0 Å². The van der Waals surface area contributed by atoms with Crippen molar-refractivity contribution in [2.75, 3.05) is 0 Å². The van der Waals surface area contributed by atoms with Gasteiger partial charge in [0.15, 0.2) is 9.84 Å². The number of hydrogen-bond acceptors (Lipinski definition) is 4. The predicted molar refractivity (Wildman–Crippen MR) is 104 cm³/mol.